The molecule has 5 N–H and O–H groups in total. The number of nitrogen functional groups attached to an aromatic ring is 1. The smallest absolute Gasteiger partial charge is 0.160 e. The van der Waals surface area contributed by atoms with Crippen LogP contribution in [0.2, 0.25) is 0 Å². The van der Waals surface area contributed by atoms with E-state index in [-0.39, 0.29) is 23.9 Å². The zero-order chi connectivity index (χ0) is 20.7. The van der Waals surface area contributed by atoms with Crippen LogP contribution >= 0.6 is 11.8 Å². The van der Waals surface area contributed by atoms with Gasteiger partial charge in [-0.15, -0.1) is 11.8 Å². The topological polar surface area (TPSA) is 134 Å². The number of aliphatic hydroxyl groups is 2. The molecular formula is C19H24N4O4S. The molecule has 0 saturated heterocycles. The van der Waals surface area contributed by atoms with Crippen molar-refractivity contribution in [3.05, 3.63) is 29.3 Å². The average molecular weight is 404 g/mol. The normalized spacial score (nSPS) is 12.8. The fourth-order valence-electron chi connectivity index (χ4n) is 2.61. The Morgan fingerprint density at radius 2 is 1.93 bits per heavy atom. The highest BCUT2D eigenvalue weighted by Crippen LogP contribution is 2.38. The molecule has 1 heterocycles. The van der Waals surface area contributed by atoms with E-state index < -0.39 is 6.10 Å². The van der Waals surface area contributed by atoms with Gasteiger partial charge in [0.15, 0.2) is 11.5 Å². The number of methoxy groups -OCH3 is 1. The van der Waals surface area contributed by atoms with Crippen molar-refractivity contribution in [2.24, 2.45) is 9.98 Å². The number of aliphatic imine (C=N–C) groups is 2. The maximum atomic E-state index is 10.2. The summed E-state index contributed by atoms with van der Waals surface area (Å²) in [5.74, 6) is 0.828. The molecule has 2 aromatic rings. The Labute approximate surface area is 167 Å². The Bertz CT molecular complexity index is 887. The summed E-state index contributed by atoms with van der Waals surface area (Å²) in [4.78, 5) is 12.6. The third-order valence-electron chi connectivity index (χ3n) is 3.87. The van der Waals surface area contributed by atoms with Gasteiger partial charge in [-0.3, -0.25) is 9.98 Å². The predicted octanol–water partition coefficient (Wildman–Crippen LogP) is 1.59. The van der Waals surface area contributed by atoms with Gasteiger partial charge in [0.2, 0.25) is 0 Å². The lowest BCUT2D eigenvalue weighted by Gasteiger charge is -2.17. The molecular weight excluding hydrogens is 380 g/mol. The number of aromatic hydroxyl groups is 1. The van der Waals surface area contributed by atoms with Crippen LogP contribution in [-0.2, 0) is 0 Å². The minimum atomic E-state index is -0.884. The average Bonchev–Trinajstić information content (AvgIpc) is 2.69. The zero-order valence-corrected chi connectivity index (χ0v) is 16.8. The third-order valence-corrected chi connectivity index (χ3v) is 5.01. The number of benzene rings is 1. The first-order chi connectivity index (χ1) is 13.5. The molecule has 1 atom stereocenters. The van der Waals surface area contributed by atoms with Crippen molar-refractivity contribution >= 4 is 30.0 Å². The number of ether oxygens (including phenoxy) is 1. The van der Waals surface area contributed by atoms with Crippen LogP contribution < -0.4 is 10.5 Å². The Morgan fingerprint density at radius 3 is 2.50 bits per heavy atom. The Morgan fingerprint density at radius 1 is 1.25 bits per heavy atom. The second-order valence-corrected chi connectivity index (χ2v) is 6.82. The van der Waals surface area contributed by atoms with Crippen LogP contribution in [0.25, 0.3) is 11.1 Å². The van der Waals surface area contributed by atoms with Gasteiger partial charge in [0.05, 0.1) is 19.8 Å². The second kappa shape index (κ2) is 10.1. The Hall–Kier alpha value is -2.62. The van der Waals surface area contributed by atoms with Crippen molar-refractivity contribution in [2.75, 3.05) is 39.3 Å². The summed E-state index contributed by atoms with van der Waals surface area (Å²) >= 11 is 1.26. The van der Waals surface area contributed by atoms with Crippen LogP contribution in [-0.4, -0.2) is 72.4 Å². The summed E-state index contributed by atoms with van der Waals surface area (Å²) in [6.45, 7) is -0.348. The number of rotatable bonds is 8. The number of phenolic OH excluding ortho intramolecular Hbond substituents is 1. The van der Waals surface area contributed by atoms with Crippen LogP contribution in [0.3, 0.4) is 0 Å². The van der Waals surface area contributed by atoms with Crippen LogP contribution in [0.15, 0.2) is 33.2 Å². The van der Waals surface area contributed by atoms with E-state index in [2.05, 4.69) is 15.0 Å². The van der Waals surface area contributed by atoms with Crippen LogP contribution in [0.5, 0.6) is 11.5 Å². The van der Waals surface area contributed by atoms with Gasteiger partial charge in [0.25, 0.3) is 0 Å². The quantitative estimate of drug-likeness (QED) is 0.388. The van der Waals surface area contributed by atoms with Gasteiger partial charge in [-0.25, -0.2) is 4.98 Å². The van der Waals surface area contributed by atoms with Crippen molar-refractivity contribution in [1.29, 1.82) is 0 Å². The first-order valence-corrected chi connectivity index (χ1v) is 9.42. The molecule has 28 heavy (non-hydrogen) atoms. The molecule has 0 bridgehead atoms. The van der Waals surface area contributed by atoms with Gasteiger partial charge in [-0.05, 0) is 17.7 Å². The first kappa shape index (κ1) is 21.7. The summed E-state index contributed by atoms with van der Waals surface area (Å²) in [5, 5.41) is 29.6. The number of nitrogens with two attached hydrogens (primary N) is 1. The number of nitrogens with zero attached hydrogens (tertiary/aromatic N) is 3. The van der Waals surface area contributed by atoms with Crippen molar-refractivity contribution in [1.82, 2.24) is 4.98 Å². The summed E-state index contributed by atoms with van der Waals surface area (Å²) < 4.78 is 5.12. The molecule has 2 rings (SSSR count). The van der Waals surface area contributed by atoms with Gasteiger partial charge >= 0.3 is 0 Å². The number of aliphatic hydroxyl groups excluding tert-OH is 2. The number of phenols is 1. The molecule has 0 radical (unpaired) electrons. The monoisotopic (exact) mass is 404 g/mol. The molecule has 150 valence electrons. The molecule has 0 aliphatic rings. The fraction of sp³-hybridized carbons (Fsp3) is 0.316. The highest BCUT2D eigenvalue weighted by molar-refractivity contribution is 7.99. The zero-order valence-electron chi connectivity index (χ0n) is 16.0. The highest BCUT2D eigenvalue weighted by Gasteiger charge is 2.20. The number of aromatic nitrogens is 1. The minimum absolute atomic E-state index is 0.0148. The lowest BCUT2D eigenvalue weighted by atomic mass is 9.96. The van der Waals surface area contributed by atoms with Crippen molar-refractivity contribution in [3.63, 3.8) is 0 Å². The molecule has 1 unspecified atom stereocenters. The van der Waals surface area contributed by atoms with E-state index in [4.69, 9.17) is 15.6 Å². The summed E-state index contributed by atoms with van der Waals surface area (Å²) in [6.07, 6.45) is 2.36. The molecule has 0 aliphatic carbocycles. The molecule has 0 aliphatic heterocycles. The predicted molar refractivity (Wildman–Crippen MR) is 113 cm³/mol. The minimum Gasteiger partial charge on any atom is -0.504 e. The van der Waals surface area contributed by atoms with E-state index in [1.54, 1.807) is 44.7 Å². The van der Waals surface area contributed by atoms with Crippen molar-refractivity contribution in [2.45, 2.75) is 11.1 Å². The largest absolute Gasteiger partial charge is 0.504 e. The number of hydrogen-bond donors (Lipinski definition) is 4. The lowest BCUT2D eigenvalue weighted by molar-refractivity contribution is 0.113. The SMILES string of the molecule is CN=Cc1c(N)nc(SCC(O)CO)c(C=NC)c1-c1ccc(OC)c(O)c1. The number of pyridine rings is 1. The van der Waals surface area contributed by atoms with E-state index in [9.17, 15) is 10.2 Å². The van der Waals surface area contributed by atoms with Gasteiger partial charge in [-0.1, -0.05) is 6.07 Å². The standard InChI is InChI=1S/C19H24N4O4S/c1-21-7-13-17(11-4-5-16(27-3)15(26)6-11)14(8-22-2)19(23-18(13)20)28-10-12(25)9-24/h4-8,12,24-26H,9-10H2,1-3H3,(H2,20,23). The molecule has 1 aromatic carbocycles. The van der Waals surface area contributed by atoms with Gasteiger partial charge in [-0.2, -0.15) is 0 Å². The van der Waals surface area contributed by atoms with Crippen molar-refractivity contribution < 1.29 is 20.1 Å². The van der Waals surface area contributed by atoms with Crippen LogP contribution in [0, 0.1) is 0 Å². The van der Waals surface area contributed by atoms with Crippen LogP contribution in [0.4, 0.5) is 5.82 Å². The third kappa shape index (κ3) is 4.80. The second-order valence-electron chi connectivity index (χ2n) is 5.81. The van der Waals surface area contributed by atoms with E-state index in [1.807, 2.05) is 0 Å². The van der Waals surface area contributed by atoms with Crippen LogP contribution in [0.1, 0.15) is 11.1 Å². The van der Waals surface area contributed by atoms with Crippen molar-refractivity contribution in [3.8, 4) is 22.6 Å². The molecule has 0 amide bonds. The molecule has 8 nitrogen and oxygen atoms in total. The van der Waals surface area contributed by atoms with E-state index in [0.29, 0.717) is 33.0 Å². The molecule has 1 aromatic heterocycles. The number of hydrogen-bond acceptors (Lipinski definition) is 9. The van der Waals surface area contributed by atoms with Gasteiger partial charge < -0.3 is 25.8 Å². The number of anilines is 1. The van der Waals surface area contributed by atoms with E-state index >= 15 is 0 Å². The maximum Gasteiger partial charge on any atom is 0.160 e. The first-order valence-electron chi connectivity index (χ1n) is 8.43. The molecule has 9 heteroatoms. The summed E-state index contributed by atoms with van der Waals surface area (Å²) in [5.41, 5.74) is 8.83. The maximum absolute atomic E-state index is 10.2. The molecule has 0 fully saturated rings. The Balaban J connectivity index is 2.74. The van der Waals surface area contributed by atoms with Gasteiger partial charge in [0, 0.05) is 49.0 Å². The van der Waals surface area contributed by atoms with E-state index in [1.165, 1.54) is 18.9 Å². The fourth-order valence-corrected chi connectivity index (χ4v) is 3.54. The number of thioether (sulfide) groups is 1. The van der Waals surface area contributed by atoms with E-state index in [0.717, 1.165) is 0 Å². The lowest BCUT2D eigenvalue weighted by Crippen LogP contribution is -2.15. The molecule has 0 spiro atoms. The van der Waals surface area contributed by atoms with Gasteiger partial charge in [0.1, 0.15) is 10.8 Å². The highest BCUT2D eigenvalue weighted by atomic mass is 32.2. The Kier molecular flexibility index (Phi) is 7.80. The summed E-state index contributed by atoms with van der Waals surface area (Å²) in [6, 6.07) is 5.03. The molecule has 0 saturated carbocycles. The summed E-state index contributed by atoms with van der Waals surface area (Å²) in [7, 11) is 4.74.